The standard InChI is InChI=1S/C24H24BrNO2.C13H9P/c1-24(2,3)17-11-7-9-13-19(17)26-18-12-8-6-10-15(18)16-14-20(27-4)23(28-5)21(25)22(16)26;1-2-5-11-10(4-1)7-8-13-12(11)6-3-9-14-13/h6-14H,1-5H3;1-9H. The number of hydrogen-bond acceptors (Lipinski definition) is 2. The van der Waals surface area contributed by atoms with Crippen molar-refractivity contribution < 1.29 is 9.47 Å². The van der Waals surface area contributed by atoms with Crippen LogP contribution < -0.4 is 9.47 Å². The van der Waals surface area contributed by atoms with Gasteiger partial charge in [0.15, 0.2) is 11.5 Å². The van der Waals surface area contributed by atoms with E-state index in [4.69, 9.17) is 9.47 Å². The number of methoxy groups -OCH3 is 2. The Kier molecular flexibility index (Phi) is 7.70. The number of benzene rings is 5. The minimum atomic E-state index is 0.0112. The van der Waals surface area contributed by atoms with E-state index in [-0.39, 0.29) is 5.41 Å². The SMILES string of the molecule is COc1cc2c3ccccc3n(-c3ccccc3C(C)(C)C)c2c(Br)c1OC.c1ccc2c(c1)ccc1pcccc12. The van der Waals surface area contributed by atoms with Crippen LogP contribution in [-0.4, -0.2) is 18.8 Å². The lowest BCUT2D eigenvalue weighted by Gasteiger charge is -2.24. The Morgan fingerprint density at radius 2 is 1.38 bits per heavy atom. The Morgan fingerprint density at radius 1 is 0.690 bits per heavy atom. The van der Waals surface area contributed by atoms with Crippen LogP contribution in [0.4, 0.5) is 0 Å². The molecule has 42 heavy (non-hydrogen) atoms. The van der Waals surface area contributed by atoms with E-state index in [1.54, 1.807) is 14.2 Å². The number of rotatable bonds is 3. The first-order valence-electron chi connectivity index (χ1n) is 14.0. The van der Waals surface area contributed by atoms with Crippen LogP contribution in [-0.2, 0) is 5.41 Å². The smallest absolute Gasteiger partial charge is 0.177 e. The summed E-state index contributed by atoms with van der Waals surface area (Å²) in [5.41, 5.74) is 4.71. The molecular weight excluding hydrogens is 601 g/mol. The molecule has 0 bridgehead atoms. The molecule has 0 radical (unpaired) electrons. The van der Waals surface area contributed by atoms with Crippen molar-refractivity contribution in [2.24, 2.45) is 0 Å². The molecular formula is C37H33BrNO2P. The molecule has 2 heterocycles. The van der Waals surface area contributed by atoms with Crippen LogP contribution in [0.15, 0.2) is 113 Å². The Bertz CT molecular complexity index is 2020. The molecule has 0 unspecified atom stereocenters. The highest BCUT2D eigenvalue weighted by Crippen LogP contribution is 2.46. The molecule has 2 aromatic heterocycles. The van der Waals surface area contributed by atoms with Crippen LogP contribution in [0.5, 0.6) is 11.5 Å². The Morgan fingerprint density at radius 3 is 2.14 bits per heavy atom. The lowest BCUT2D eigenvalue weighted by molar-refractivity contribution is 0.354. The first-order valence-corrected chi connectivity index (χ1v) is 15.7. The summed E-state index contributed by atoms with van der Waals surface area (Å²) in [5, 5.41) is 7.79. The quantitative estimate of drug-likeness (QED) is 0.181. The average molecular weight is 635 g/mol. The molecule has 0 spiro atoms. The van der Waals surface area contributed by atoms with E-state index >= 15 is 0 Å². The van der Waals surface area contributed by atoms with Crippen LogP contribution >= 0.6 is 24.1 Å². The number of para-hydroxylation sites is 2. The lowest BCUT2D eigenvalue weighted by atomic mass is 9.85. The molecule has 0 N–H and O–H groups in total. The van der Waals surface area contributed by atoms with Gasteiger partial charge >= 0.3 is 0 Å². The minimum absolute atomic E-state index is 0.0112. The van der Waals surface area contributed by atoms with Crippen LogP contribution in [0.25, 0.3) is 48.8 Å². The van der Waals surface area contributed by atoms with E-state index < -0.39 is 0 Å². The van der Waals surface area contributed by atoms with Gasteiger partial charge in [0.2, 0.25) is 0 Å². The van der Waals surface area contributed by atoms with Gasteiger partial charge in [0.1, 0.15) is 0 Å². The van der Waals surface area contributed by atoms with E-state index in [1.165, 1.54) is 46.1 Å². The van der Waals surface area contributed by atoms with Crippen molar-refractivity contribution in [1.82, 2.24) is 4.57 Å². The molecule has 0 saturated heterocycles. The molecule has 5 aromatic carbocycles. The summed E-state index contributed by atoms with van der Waals surface area (Å²) in [6.07, 6.45) is 0. The normalized spacial score (nSPS) is 11.8. The van der Waals surface area contributed by atoms with E-state index in [0.29, 0.717) is 11.5 Å². The van der Waals surface area contributed by atoms with Gasteiger partial charge in [0.05, 0.1) is 29.7 Å². The van der Waals surface area contributed by atoms with Gasteiger partial charge in [-0.2, -0.15) is 0 Å². The Labute approximate surface area is 256 Å². The van der Waals surface area contributed by atoms with Gasteiger partial charge in [0.25, 0.3) is 0 Å². The van der Waals surface area contributed by atoms with Crippen molar-refractivity contribution in [2.75, 3.05) is 14.2 Å². The van der Waals surface area contributed by atoms with E-state index in [9.17, 15) is 0 Å². The maximum Gasteiger partial charge on any atom is 0.177 e. The molecule has 0 amide bonds. The number of nitrogens with zero attached hydrogens (tertiary/aromatic N) is 1. The monoisotopic (exact) mass is 633 g/mol. The third kappa shape index (κ3) is 4.93. The van der Waals surface area contributed by atoms with Gasteiger partial charge in [-0.25, -0.2) is 0 Å². The fourth-order valence-electron chi connectivity index (χ4n) is 5.77. The van der Waals surface area contributed by atoms with Crippen molar-refractivity contribution in [2.45, 2.75) is 26.2 Å². The molecule has 7 aromatic rings. The predicted octanol–water partition coefficient (Wildman–Crippen LogP) is 11.4. The molecule has 0 aliphatic carbocycles. The maximum atomic E-state index is 5.67. The second-order valence-corrected chi connectivity index (χ2v) is 13.1. The number of fused-ring (bicyclic) bond motifs is 6. The fraction of sp³-hybridized carbons (Fsp3) is 0.162. The van der Waals surface area contributed by atoms with Gasteiger partial charge in [0, 0.05) is 21.6 Å². The summed E-state index contributed by atoms with van der Waals surface area (Å²) in [5.74, 6) is 3.60. The summed E-state index contributed by atoms with van der Waals surface area (Å²) >= 11 is 3.81. The highest BCUT2D eigenvalue weighted by molar-refractivity contribution is 9.10. The van der Waals surface area contributed by atoms with Crippen molar-refractivity contribution in [1.29, 1.82) is 0 Å². The van der Waals surface area contributed by atoms with Crippen LogP contribution in [0.2, 0.25) is 0 Å². The molecule has 5 heteroatoms. The molecule has 7 rings (SSSR count). The maximum absolute atomic E-state index is 5.67. The number of hydrogen-bond donors (Lipinski definition) is 0. The zero-order valence-electron chi connectivity index (χ0n) is 24.5. The number of halogens is 1. The molecule has 210 valence electrons. The number of aromatic nitrogens is 1. The largest absolute Gasteiger partial charge is 0.493 e. The van der Waals surface area contributed by atoms with Crippen molar-refractivity contribution in [3.05, 3.63) is 119 Å². The zero-order chi connectivity index (χ0) is 29.4. The molecule has 0 aliphatic heterocycles. The van der Waals surface area contributed by atoms with Gasteiger partial charge in [-0.3, -0.25) is 0 Å². The second-order valence-electron chi connectivity index (χ2n) is 11.3. The van der Waals surface area contributed by atoms with Crippen molar-refractivity contribution in [3.8, 4) is 17.2 Å². The lowest BCUT2D eigenvalue weighted by Crippen LogP contribution is -2.15. The summed E-state index contributed by atoms with van der Waals surface area (Å²) < 4.78 is 14.5. The van der Waals surface area contributed by atoms with E-state index in [1.807, 2.05) is 0 Å². The molecule has 0 aliphatic rings. The summed E-state index contributed by atoms with van der Waals surface area (Å²) in [7, 11) is 4.65. The molecule has 0 atom stereocenters. The minimum Gasteiger partial charge on any atom is -0.493 e. The third-order valence-corrected chi connectivity index (χ3v) is 9.43. The van der Waals surface area contributed by atoms with E-state index in [0.717, 1.165) is 20.9 Å². The summed E-state index contributed by atoms with van der Waals surface area (Å²) in [4.78, 5) is 0. The van der Waals surface area contributed by atoms with Gasteiger partial charge in [-0.15, -0.1) is 0 Å². The highest BCUT2D eigenvalue weighted by atomic mass is 79.9. The third-order valence-electron chi connectivity index (χ3n) is 7.71. The molecule has 3 nitrogen and oxygen atoms in total. The van der Waals surface area contributed by atoms with E-state index in [2.05, 4.69) is 150 Å². The van der Waals surface area contributed by atoms with Crippen molar-refractivity contribution >= 4 is 67.2 Å². The average Bonchev–Trinajstić information content (AvgIpc) is 3.35. The molecule has 0 fully saturated rings. The summed E-state index contributed by atoms with van der Waals surface area (Å²) in [6, 6.07) is 36.5. The van der Waals surface area contributed by atoms with Crippen LogP contribution in [0.3, 0.4) is 0 Å². The first kappa shape index (κ1) is 28.3. The summed E-state index contributed by atoms with van der Waals surface area (Å²) in [6.45, 7) is 6.75. The van der Waals surface area contributed by atoms with Gasteiger partial charge < -0.3 is 14.0 Å². The Balaban J connectivity index is 0.000000187. The molecule has 0 saturated carbocycles. The van der Waals surface area contributed by atoms with Gasteiger partial charge in [-0.05, 0) is 73.1 Å². The second kappa shape index (κ2) is 11.4. The predicted molar refractivity (Wildman–Crippen MR) is 184 cm³/mol. The first-order chi connectivity index (χ1) is 20.3. The van der Waals surface area contributed by atoms with Crippen LogP contribution in [0, 0.1) is 0 Å². The van der Waals surface area contributed by atoms with Crippen LogP contribution in [0.1, 0.15) is 26.3 Å². The highest BCUT2D eigenvalue weighted by Gasteiger charge is 2.24. The van der Waals surface area contributed by atoms with Gasteiger partial charge in [-0.1, -0.05) is 108 Å². The zero-order valence-corrected chi connectivity index (χ0v) is 27.0. The van der Waals surface area contributed by atoms with Crippen molar-refractivity contribution in [3.63, 3.8) is 0 Å². The topological polar surface area (TPSA) is 23.4 Å². The Hall–Kier alpha value is -3.85. The number of ether oxygens (including phenoxy) is 2. The fourth-order valence-corrected chi connectivity index (χ4v) is 7.34.